The highest BCUT2D eigenvalue weighted by atomic mass is 16.5. The Morgan fingerprint density at radius 3 is 1.69 bits per heavy atom. The van der Waals surface area contributed by atoms with E-state index in [2.05, 4.69) is 4.74 Å². The summed E-state index contributed by atoms with van der Waals surface area (Å²) in [6.07, 6.45) is -0.718. The zero-order valence-electron chi connectivity index (χ0n) is 8.90. The number of hydrogen-bond acceptors (Lipinski definition) is 4. The molecule has 3 N–H and O–H groups in total. The molecule has 0 aliphatic carbocycles. The highest BCUT2D eigenvalue weighted by Crippen LogP contribution is 1.81. The Labute approximate surface area is 79.8 Å². The number of aliphatic hydroxyl groups excluding tert-OH is 3. The predicted molar refractivity (Wildman–Crippen MR) is 50.1 cm³/mol. The maximum Gasteiger partial charge on any atom is 0.179 e. The molecule has 0 saturated carbocycles. The molecule has 0 rings (SSSR count). The molecule has 0 aromatic carbocycles. The maximum atomic E-state index is 8.48. The van der Waals surface area contributed by atoms with Crippen molar-refractivity contribution < 1.29 is 24.5 Å². The highest BCUT2D eigenvalue weighted by molar-refractivity contribution is 4.46. The van der Waals surface area contributed by atoms with Crippen molar-refractivity contribution in [2.75, 3.05) is 48.2 Å². The Morgan fingerprint density at radius 2 is 1.62 bits per heavy atom. The monoisotopic (exact) mass is 196 g/mol. The topological polar surface area (TPSA) is 69.9 Å². The summed E-state index contributed by atoms with van der Waals surface area (Å²) in [5.74, 6) is 0. The first-order chi connectivity index (χ1) is 5.87. The predicted octanol–water partition coefficient (Wildman–Crippen LogP) is -1.37. The summed E-state index contributed by atoms with van der Waals surface area (Å²) in [7, 11) is 7.26. The summed E-state index contributed by atoms with van der Waals surface area (Å²) in [5.41, 5.74) is 0. The van der Waals surface area contributed by atoms with Gasteiger partial charge >= 0.3 is 0 Å². The second-order valence-corrected chi connectivity index (χ2v) is 3.72. The molecule has 5 nitrogen and oxygen atoms in total. The van der Waals surface area contributed by atoms with Gasteiger partial charge in [0.25, 0.3) is 0 Å². The van der Waals surface area contributed by atoms with Gasteiger partial charge < -0.3 is 24.5 Å². The van der Waals surface area contributed by atoms with E-state index in [0.29, 0.717) is 4.48 Å². The lowest BCUT2D eigenvalue weighted by Gasteiger charge is -2.19. The van der Waals surface area contributed by atoms with Crippen molar-refractivity contribution in [3.63, 3.8) is 0 Å². The van der Waals surface area contributed by atoms with Crippen LogP contribution in [0.5, 0.6) is 0 Å². The minimum atomic E-state index is -0.718. The maximum absolute atomic E-state index is 8.48. The highest BCUT2D eigenvalue weighted by Gasteiger charge is 1.99. The quantitative estimate of drug-likeness (QED) is 0.383. The summed E-state index contributed by atoms with van der Waals surface area (Å²) >= 11 is 0. The van der Waals surface area contributed by atoms with Crippen LogP contribution in [0.4, 0.5) is 0 Å². The third kappa shape index (κ3) is 18.6. The van der Waals surface area contributed by atoms with Crippen molar-refractivity contribution in [2.24, 2.45) is 0 Å². The van der Waals surface area contributed by atoms with Gasteiger partial charge in [0.05, 0.1) is 34.4 Å². The van der Waals surface area contributed by atoms with Crippen molar-refractivity contribution in [3.05, 3.63) is 0 Å². The molecule has 0 aliphatic heterocycles. The molecule has 0 aromatic rings. The largest absolute Gasteiger partial charge is 0.394 e. The fourth-order valence-corrected chi connectivity index (χ4v) is 0.245. The molecular formula is C8H22NO4+. The molecule has 0 fully saturated rings. The number of aliphatic hydroxyl groups is 3. The van der Waals surface area contributed by atoms with Crippen LogP contribution < -0.4 is 0 Å². The van der Waals surface area contributed by atoms with Crippen LogP contribution in [-0.2, 0) is 4.74 Å². The van der Waals surface area contributed by atoms with Gasteiger partial charge in [-0.25, -0.2) is 0 Å². The number of quaternary nitrogens is 1. The number of ether oxygens (including phenoxy) is 1. The second kappa shape index (κ2) is 8.40. The summed E-state index contributed by atoms with van der Waals surface area (Å²) in [6.45, 7) is 0.185. The van der Waals surface area contributed by atoms with Crippen molar-refractivity contribution in [2.45, 2.75) is 6.10 Å². The number of hydrogen-bond donors (Lipinski definition) is 3. The Balaban J connectivity index is 0. The van der Waals surface area contributed by atoms with Crippen LogP contribution in [0, 0.1) is 0 Å². The molecule has 0 amide bonds. The van der Waals surface area contributed by atoms with Crippen LogP contribution in [0.2, 0.25) is 0 Å². The average molecular weight is 196 g/mol. The van der Waals surface area contributed by atoms with Crippen LogP contribution in [-0.4, -0.2) is 74.1 Å². The summed E-state index contributed by atoms with van der Waals surface area (Å²) in [4.78, 5) is 0. The molecule has 5 heteroatoms. The molecular weight excluding hydrogens is 174 g/mol. The Bertz CT molecular complexity index is 103. The van der Waals surface area contributed by atoms with E-state index >= 15 is 0 Å². The molecule has 0 aromatic heterocycles. The standard InChI is InChI=1S/C4H12NO.C4H10O3/c1-5(2,3)4-6;1-7-3-4(6)2-5/h6H,4H2,1-3H3;4-6H,2-3H2,1H3/q+1;. The smallest absolute Gasteiger partial charge is 0.179 e. The van der Waals surface area contributed by atoms with Crippen LogP contribution in [0.3, 0.4) is 0 Å². The van der Waals surface area contributed by atoms with Crippen molar-refractivity contribution >= 4 is 0 Å². The van der Waals surface area contributed by atoms with Gasteiger partial charge in [-0.2, -0.15) is 0 Å². The molecule has 0 radical (unpaired) electrons. The van der Waals surface area contributed by atoms with Crippen molar-refractivity contribution in [1.29, 1.82) is 0 Å². The summed E-state index contributed by atoms with van der Waals surface area (Å²) in [5, 5.41) is 25.0. The molecule has 13 heavy (non-hydrogen) atoms. The molecule has 0 bridgehead atoms. The first-order valence-electron chi connectivity index (χ1n) is 4.06. The van der Waals surface area contributed by atoms with Crippen LogP contribution in [0.1, 0.15) is 0 Å². The molecule has 82 valence electrons. The summed E-state index contributed by atoms with van der Waals surface area (Å²) in [6, 6.07) is 0. The zero-order chi connectivity index (χ0) is 10.9. The summed E-state index contributed by atoms with van der Waals surface area (Å²) < 4.78 is 5.11. The SMILES string of the molecule is COCC(O)CO.C[N+](C)(C)CO. The van der Waals surface area contributed by atoms with E-state index in [9.17, 15) is 0 Å². The van der Waals surface area contributed by atoms with Gasteiger partial charge in [0.2, 0.25) is 0 Å². The van der Waals surface area contributed by atoms with E-state index in [1.807, 2.05) is 21.1 Å². The third-order valence-corrected chi connectivity index (χ3v) is 0.994. The van der Waals surface area contributed by atoms with E-state index in [1.165, 1.54) is 7.11 Å². The van der Waals surface area contributed by atoms with Gasteiger partial charge in [-0.1, -0.05) is 0 Å². The first kappa shape index (κ1) is 15.3. The lowest BCUT2D eigenvalue weighted by atomic mass is 10.4. The fourth-order valence-electron chi connectivity index (χ4n) is 0.245. The second-order valence-electron chi connectivity index (χ2n) is 3.72. The number of rotatable bonds is 4. The zero-order valence-corrected chi connectivity index (χ0v) is 8.90. The molecule has 0 saturated heterocycles. The number of nitrogens with zero attached hydrogens (tertiary/aromatic N) is 1. The Morgan fingerprint density at radius 1 is 1.23 bits per heavy atom. The Kier molecular flexibility index (Phi) is 9.87. The minimum absolute atomic E-state index is 0.205. The molecule has 0 spiro atoms. The Hall–Kier alpha value is -0.200. The van der Waals surface area contributed by atoms with E-state index in [0.717, 1.165) is 0 Å². The van der Waals surface area contributed by atoms with E-state index in [-0.39, 0.29) is 19.9 Å². The van der Waals surface area contributed by atoms with Crippen LogP contribution >= 0.6 is 0 Å². The minimum Gasteiger partial charge on any atom is -0.394 e. The van der Waals surface area contributed by atoms with Crippen LogP contribution in [0.15, 0.2) is 0 Å². The first-order valence-corrected chi connectivity index (χ1v) is 4.06. The normalized spacial score (nSPS) is 13.2. The van der Waals surface area contributed by atoms with Gasteiger partial charge in [0.1, 0.15) is 6.10 Å². The fraction of sp³-hybridized carbons (Fsp3) is 1.00. The van der Waals surface area contributed by atoms with Gasteiger partial charge in [-0.05, 0) is 0 Å². The number of methoxy groups -OCH3 is 1. The third-order valence-electron chi connectivity index (χ3n) is 0.994. The van der Waals surface area contributed by atoms with E-state index < -0.39 is 6.10 Å². The lowest BCUT2D eigenvalue weighted by Crippen LogP contribution is -2.34. The van der Waals surface area contributed by atoms with Crippen molar-refractivity contribution in [1.82, 2.24) is 0 Å². The van der Waals surface area contributed by atoms with Gasteiger partial charge in [0, 0.05) is 7.11 Å². The van der Waals surface area contributed by atoms with Gasteiger partial charge in [0.15, 0.2) is 6.73 Å². The molecule has 0 aliphatic rings. The van der Waals surface area contributed by atoms with E-state index in [4.69, 9.17) is 15.3 Å². The molecule has 1 unspecified atom stereocenters. The van der Waals surface area contributed by atoms with Crippen molar-refractivity contribution in [3.8, 4) is 0 Å². The van der Waals surface area contributed by atoms with Crippen LogP contribution in [0.25, 0.3) is 0 Å². The molecule has 0 heterocycles. The molecule has 1 atom stereocenters. The average Bonchev–Trinajstić information content (AvgIpc) is 2.05. The lowest BCUT2D eigenvalue weighted by molar-refractivity contribution is -0.889. The van der Waals surface area contributed by atoms with Gasteiger partial charge in [-0.3, -0.25) is 0 Å². The van der Waals surface area contributed by atoms with E-state index in [1.54, 1.807) is 0 Å². The van der Waals surface area contributed by atoms with Gasteiger partial charge in [-0.15, -0.1) is 0 Å².